The van der Waals surface area contributed by atoms with Crippen LogP contribution in [0.2, 0.25) is 0 Å². The lowest BCUT2D eigenvalue weighted by atomic mass is 10.2. The number of hydrogen-bond donors (Lipinski definition) is 1. The number of nitrogens with zero attached hydrogens (tertiary/aromatic N) is 1. The molecular formula is C12H10N2O3S. The Bertz CT molecular complexity index is 769. The quantitative estimate of drug-likeness (QED) is 0.770. The number of thiazole rings is 1. The van der Waals surface area contributed by atoms with Gasteiger partial charge in [0.1, 0.15) is 5.01 Å². The molecule has 2 heterocycles. The van der Waals surface area contributed by atoms with Crippen molar-refractivity contribution >= 4 is 22.4 Å². The highest BCUT2D eigenvalue weighted by Crippen LogP contribution is 2.34. The number of rotatable bonds is 2. The standard InChI is InChI=1S/C12H10N2O3S/c1-6-11(16-2)18-10(13-6)7-3-4-8-9(5-7)17-12(15)14-8/h3-5H,1-2H3,(H,14,15). The van der Waals surface area contributed by atoms with E-state index in [1.54, 1.807) is 19.2 Å². The van der Waals surface area contributed by atoms with Gasteiger partial charge in [0.25, 0.3) is 0 Å². The summed E-state index contributed by atoms with van der Waals surface area (Å²) in [4.78, 5) is 18.1. The Hall–Kier alpha value is -2.08. The van der Waals surface area contributed by atoms with E-state index < -0.39 is 5.76 Å². The number of H-pyrrole nitrogens is 1. The van der Waals surface area contributed by atoms with Crippen LogP contribution in [-0.4, -0.2) is 17.1 Å². The molecule has 0 saturated heterocycles. The van der Waals surface area contributed by atoms with E-state index >= 15 is 0 Å². The van der Waals surface area contributed by atoms with Crippen molar-refractivity contribution in [2.45, 2.75) is 6.92 Å². The third-order valence-corrected chi connectivity index (χ3v) is 3.78. The van der Waals surface area contributed by atoms with Crippen molar-refractivity contribution in [2.24, 2.45) is 0 Å². The summed E-state index contributed by atoms with van der Waals surface area (Å²) in [5, 5.41) is 1.63. The molecule has 0 unspecified atom stereocenters. The van der Waals surface area contributed by atoms with Crippen molar-refractivity contribution in [3.63, 3.8) is 0 Å². The van der Waals surface area contributed by atoms with E-state index in [-0.39, 0.29) is 0 Å². The lowest BCUT2D eigenvalue weighted by Crippen LogP contribution is -1.92. The summed E-state index contributed by atoms with van der Waals surface area (Å²) in [5.74, 6) is -0.449. The molecule has 6 heteroatoms. The van der Waals surface area contributed by atoms with Crippen LogP contribution in [0.5, 0.6) is 5.06 Å². The lowest BCUT2D eigenvalue weighted by molar-refractivity contribution is 0.423. The molecule has 0 atom stereocenters. The fraction of sp³-hybridized carbons (Fsp3) is 0.167. The van der Waals surface area contributed by atoms with Gasteiger partial charge >= 0.3 is 5.76 Å². The molecule has 1 aromatic carbocycles. The van der Waals surface area contributed by atoms with Gasteiger partial charge in [-0.2, -0.15) is 0 Å². The van der Waals surface area contributed by atoms with E-state index in [4.69, 9.17) is 9.15 Å². The van der Waals surface area contributed by atoms with Gasteiger partial charge in [-0.25, -0.2) is 9.78 Å². The van der Waals surface area contributed by atoms with E-state index in [9.17, 15) is 4.79 Å². The monoisotopic (exact) mass is 262 g/mol. The van der Waals surface area contributed by atoms with Crippen LogP contribution in [-0.2, 0) is 0 Å². The minimum Gasteiger partial charge on any atom is -0.486 e. The van der Waals surface area contributed by atoms with Crippen LogP contribution in [0.3, 0.4) is 0 Å². The Labute approximate surface area is 106 Å². The van der Waals surface area contributed by atoms with Gasteiger partial charge in [0, 0.05) is 5.56 Å². The van der Waals surface area contributed by atoms with Crippen molar-refractivity contribution in [2.75, 3.05) is 7.11 Å². The van der Waals surface area contributed by atoms with Crippen LogP contribution < -0.4 is 10.5 Å². The van der Waals surface area contributed by atoms with E-state index in [1.807, 2.05) is 13.0 Å². The smallest absolute Gasteiger partial charge is 0.417 e. The largest absolute Gasteiger partial charge is 0.486 e. The molecular weight excluding hydrogens is 252 g/mol. The van der Waals surface area contributed by atoms with Gasteiger partial charge < -0.3 is 9.15 Å². The topological polar surface area (TPSA) is 68.1 Å². The highest BCUT2D eigenvalue weighted by atomic mass is 32.1. The van der Waals surface area contributed by atoms with Crippen molar-refractivity contribution < 1.29 is 9.15 Å². The van der Waals surface area contributed by atoms with Gasteiger partial charge in [-0.05, 0) is 25.1 Å². The summed E-state index contributed by atoms with van der Waals surface area (Å²) in [5.41, 5.74) is 2.98. The molecule has 3 aromatic rings. The predicted octanol–water partition coefficient (Wildman–Crippen LogP) is 2.56. The number of nitrogens with one attached hydrogen (secondary N) is 1. The molecule has 18 heavy (non-hydrogen) atoms. The van der Waals surface area contributed by atoms with Gasteiger partial charge in [0.2, 0.25) is 0 Å². The van der Waals surface area contributed by atoms with E-state index in [1.165, 1.54) is 11.3 Å². The van der Waals surface area contributed by atoms with Crippen molar-refractivity contribution in [1.29, 1.82) is 0 Å². The highest BCUT2D eigenvalue weighted by molar-refractivity contribution is 7.17. The van der Waals surface area contributed by atoms with E-state index in [0.29, 0.717) is 11.1 Å². The summed E-state index contributed by atoms with van der Waals surface area (Å²) in [6.07, 6.45) is 0. The molecule has 3 rings (SSSR count). The van der Waals surface area contributed by atoms with Gasteiger partial charge in [0.05, 0.1) is 18.3 Å². The number of ether oxygens (including phenoxy) is 1. The first kappa shape index (κ1) is 11.0. The first-order chi connectivity index (χ1) is 8.67. The third-order valence-electron chi connectivity index (χ3n) is 2.61. The molecule has 0 bridgehead atoms. The summed E-state index contributed by atoms with van der Waals surface area (Å²) in [6.45, 7) is 1.90. The minimum atomic E-state index is -0.449. The van der Waals surface area contributed by atoms with Crippen molar-refractivity contribution in [3.8, 4) is 15.6 Å². The zero-order valence-corrected chi connectivity index (χ0v) is 10.6. The van der Waals surface area contributed by atoms with E-state index in [2.05, 4.69) is 9.97 Å². The van der Waals surface area contributed by atoms with Crippen LogP contribution in [0.1, 0.15) is 5.69 Å². The van der Waals surface area contributed by atoms with Crippen LogP contribution in [0.4, 0.5) is 0 Å². The summed E-state index contributed by atoms with van der Waals surface area (Å²) in [7, 11) is 1.62. The van der Waals surface area contributed by atoms with E-state index in [0.717, 1.165) is 21.3 Å². The Morgan fingerprint density at radius 1 is 1.44 bits per heavy atom. The minimum absolute atomic E-state index is 0.449. The maximum Gasteiger partial charge on any atom is 0.417 e. The highest BCUT2D eigenvalue weighted by Gasteiger charge is 2.11. The van der Waals surface area contributed by atoms with Crippen LogP contribution in [0.25, 0.3) is 21.7 Å². The SMILES string of the molecule is COc1sc(-c2ccc3[nH]c(=O)oc3c2)nc1C. The fourth-order valence-electron chi connectivity index (χ4n) is 1.77. The van der Waals surface area contributed by atoms with Crippen molar-refractivity contribution in [1.82, 2.24) is 9.97 Å². The van der Waals surface area contributed by atoms with Gasteiger partial charge in [0.15, 0.2) is 10.6 Å². The summed E-state index contributed by atoms with van der Waals surface area (Å²) < 4.78 is 10.2. The number of fused-ring (bicyclic) bond motifs is 1. The number of aromatic amines is 1. The molecule has 92 valence electrons. The Kier molecular flexibility index (Phi) is 2.45. The van der Waals surface area contributed by atoms with Crippen LogP contribution in [0, 0.1) is 6.92 Å². The summed E-state index contributed by atoms with van der Waals surface area (Å²) >= 11 is 1.46. The number of aryl methyl sites for hydroxylation is 1. The second-order valence-corrected chi connectivity index (χ2v) is 4.78. The average Bonchev–Trinajstić information content (AvgIpc) is 2.89. The van der Waals surface area contributed by atoms with Crippen LogP contribution >= 0.6 is 11.3 Å². The molecule has 1 N–H and O–H groups in total. The maximum atomic E-state index is 11.1. The Morgan fingerprint density at radius 3 is 3.00 bits per heavy atom. The van der Waals surface area contributed by atoms with Gasteiger partial charge in [-0.15, -0.1) is 0 Å². The molecule has 0 aliphatic heterocycles. The zero-order valence-electron chi connectivity index (χ0n) is 9.81. The number of hydrogen-bond acceptors (Lipinski definition) is 5. The zero-order chi connectivity index (χ0) is 12.7. The molecule has 0 spiro atoms. The molecule has 0 aliphatic carbocycles. The summed E-state index contributed by atoms with van der Waals surface area (Å²) in [6, 6.07) is 5.50. The second kappa shape index (κ2) is 3.99. The Balaban J connectivity index is 2.15. The first-order valence-corrected chi connectivity index (χ1v) is 6.13. The average molecular weight is 262 g/mol. The molecule has 0 saturated carbocycles. The molecule has 2 aromatic heterocycles. The molecule has 0 amide bonds. The fourth-order valence-corrected chi connectivity index (χ4v) is 2.65. The van der Waals surface area contributed by atoms with Crippen molar-refractivity contribution in [3.05, 3.63) is 34.4 Å². The molecule has 0 fully saturated rings. The lowest BCUT2D eigenvalue weighted by Gasteiger charge is -1.94. The molecule has 0 aliphatic rings. The number of oxazole rings is 1. The second-order valence-electron chi connectivity index (χ2n) is 3.82. The maximum absolute atomic E-state index is 11.1. The third kappa shape index (κ3) is 1.70. The van der Waals surface area contributed by atoms with Gasteiger partial charge in [-0.3, -0.25) is 4.98 Å². The number of methoxy groups -OCH3 is 1. The number of benzene rings is 1. The Morgan fingerprint density at radius 2 is 2.28 bits per heavy atom. The van der Waals surface area contributed by atoms with Crippen LogP contribution in [0.15, 0.2) is 27.4 Å². The predicted molar refractivity (Wildman–Crippen MR) is 69.2 cm³/mol. The first-order valence-electron chi connectivity index (χ1n) is 5.32. The normalized spacial score (nSPS) is 11.0. The van der Waals surface area contributed by atoms with Gasteiger partial charge in [-0.1, -0.05) is 11.3 Å². The molecule has 0 radical (unpaired) electrons. The number of aromatic nitrogens is 2. The molecule has 5 nitrogen and oxygen atoms in total.